The van der Waals surface area contributed by atoms with Crippen LogP contribution in [0.15, 0.2) is 33.8 Å². The molecule has 138 valence electrons. The lowest BCUT2D eigenvalue weighted by molar-refractivity contribution is 0.484. The van der Waals surface area contributed by atoms with Crippen molar-refractivity contribution in [2.45, 2.75) is 39.2 Å². The van der Waals surface area contributed by atoms with E-state index < -0.39 is 0 Å². The molecule has 0 aliphatic carbocycles. The van der Waals surface area contributed by atoms with Gasteiger partial charge < -0.3 is 20.5 Å². The Morgan fingerprint density at radius 3 is 3.04 bits per heavy atom. The molecular formula is C19H26N6O. The average molecular weight is 354 g/mol. The summed E-state index contributed by atoms with van der Waals surface area (Å²) in [4.78, 5) is 16.6. The van der Waals surface area contributed by atoms with Crippen LogP contribution in [0.5, 0.6) is 0 Å². The third-order valence-electron chi connectivity index (χ3n) is 4.24. The summed E-state index contributed by atoms with van der Waals surface area (Å²) in [7, 11) is 0. The highest BCUT2D eigenvalue weighted by Gasteiger charge is 2.12. The fraction of sp³-hybridized carbons (Fsp3) is 0.421. The lowest BCUT2D eigenvalue weighted by Crippen LogP contribution is -2.19. The summed E-state index contributed by atoms with van der Waals surface area (Å²) < 4.78 is 5.60. The minimum Gasteiger partial charge on any atom is -0.446 e. The second-order valence-corrected chi connectivity index (χ2v) is 6.28. The van der Waals surface area contributed by atoms with Crippen molar-refractivity contribution in [1.29, 1.82) is 0 Å². The monoisotopic (exact) mass is 354 g/mol. The van der Waals surface area contributed by atoms with Gasteiger partial charge in [0.25, 0.3) is 0 Å². The largest absolute Gasteiger partial charge is 0.446 e. The molecule has 0 spiro atoms. The van der Waals surface area contributed by atoms with Crippen molar-refractivity contribution in [3.63, 3.8) is 0 Å². The number of nitrogens with two attached hydrogens (primary N) is 1. The number of hydrogen-bond donors (Lipinski definition) is 3. The van der Waals surface area contributed by atoms with Crippen molar-refractivity contribution >= 4 is 23.2 Å². The van der Waals surface area contributed by atoms with Gasteiger partial charge in [-0.2, -0.15) is 0 Å². The molecule has 0 aliphatic rings. The molecule has 0 aliphatic heterocycles. The fourth-order valence-electron chi connectivity index (χ4n) is 2.87. The third kappa shape index (κ3) is 4.49. The first-order chi connectivity index (χ1) is 12.7. The molecule has 3 rings (SSSR count). The lowest BCUT2D eigenvalue weighted by Gasteiger charge is -2.13. The van der Waals surface area contributed by atoms with Crippen molar-refractivity contribution in [3.8, 4) is 0 Å². The Morgan fingerprint density at radius 1 is 1.42 bits per heavy atom. The summed E-state index contributed by atoms with van der Waals surface area (Å²) in [5.41, 5.74) is 8.53. The number of benzene rings is 1. The number of aliphatic imine (C=N–C) groups is 1. The van der Waals surface area contributed by atoms with Gasteiger partial charge in [0.2, 0.25) is 5.95 Å². The molecule has 2 aromatic heterocycles. The van der Waals surface area contributed by atoms with E-state index >= 15 is 0 Å². The summed E-state index contributed by atoms with van der Waals surface area (Å²) in [6, 6.07) is 6.41. The van der Waals surface area contributed by atoms with Gasteiger partial charge in [-0.05, 0) is 18.1 Å². The number of oxazole rings is 1. The van der Waals surface area contributed by atoms with E-state index in [9.17, 15) is 0 Å². The van der Waals surface area contributed by atoms with Gasteiger partial charge in [-0.15, -0.1) is 0 Å². The number of nitrogens with zero attached hydrogens (tertiary/aromatic N) is 3. The lowest BCUT2D eigenvalue weighted by atomic mass is 10.1. The Morgan fingerprint density at radius 2 is 2.31 bits per heavy atom. The molecule has 26 heavy (non-hydrogen) atoms. The maximum absolute atomic E-state index is 5.60. The van der Waals surface area contributed by atoms with E-state index in [4.69, 9.17) is 15.1 Å². The molecule has 1 aromatic carbocycles. The molecule has 0 radical (unpaired) electrons. The number of aromatic nitrogens is 3. The highest BCUT2D eigenvalue weighted by molar-refractivity contribution is 5.81. The van der Waals surface area contributed by atoms with Gasteiger partial charge in [0.05, 0.1) is 23.8 Å². The second-order valence-electron chi connectivity index (χ2n) is 6.28. The number of hydrogen-bond acceptors (Lipinski definition) is 6. The first-order valence-electron chi connectivity index (χ1n) is 9.03. The Kier molecular flexibility index (Phi) is 6.01. The minimum absolute atomic E-state index is 0.275. The Labute approximate surface area is 153 Å². The SMILES string of the molecule is CCC(CC=NCCN)Nc1nc2c(Cc3cnc(C)o3)cccc2[nH]1. The predicted molar refractivity (Wildman–Crippen MR) is 105 cm³/mol. The van der Waals surface area contributed by atoms with Crippen LogP contribution in [0.1, 0.15) is 37.0 Å². The summed E-state index contributed by atoms with van der Waals surface area (Å²) in [5, 5.41) is 3.47. The Balaban J connectivity index is 1.74. The third-order valence-corrected chi connectivity index (χ3v) is 4.24. The highest BCUT2D eigenvalue weighted by atomic mass is 16.3. The van der Waals surface area contributed by atoms with E-state index in [1.54, 1.807) is 6.20 Å². The van der Waals surface area contributed by atoms with Crippen molar-refractivity contribution in [2.75, 3.05) is 18.4 Å². The molecule has 0 saturated heterocycles. The normalized spacial score (nSPS) is 12.9. The standard InChI is InChI=1S/C19H26N6O/c1-3-15(7-9-21-10-8-20)23-19-24-17-6-4-5-14(18(17)25-19)11-16-12-22-13(2)26-16/h4-6,9,12,15H,3,7-8,10-11,20H2,1-2H3,(H2,23,24,25). The van der Waals surface area contributed by atoms with E-state index in [-0.39, 0.29) is 6.04 Å². The van der Waals surface area contributed by atoms with Crippen LogP contribution in [0, 0.1) is 6.92 Å². The zero-order chi connectivity index (χ0) is 18.4. The van der Waals surface area contributed by atoms with Gasteiger partial charge in [-0.3, -0.25) is 4.99 Å². The van der Waals surface area contributed by atoms with Crippen LogP contribution < -0.4 is 11.1 Å². The summed E-state index contributed by atoms with van der Waals surface area (Å²) >= 11 is 0. The van der Waals surface area contributed by atoms with E-state index in [0.717, 1.165) is 41.1 Å². The Hall–Kier alpha value is -2.67. The maximum Gasteiger partial charge on any atom is 0.201 e. The van der Waals surface area contributed by atoms with Crippen molar-refractivity contribution in [2.24, 2.45) is 10.7 Å². The topological polar surface area (TPSA) is 105 Å². The van der Waals surface area contributed by atoms with E-state index in [0.29, 0.717) is 25.4 Å². The molecule has 7 nitrogen and oxygen atoms in total. The van der Waals surface area contributed by atoms with Gasteiger partial charge in [-0.1, -0.05) is 19.1 Å². The molecular weight excluding hydrogens is 328 g/mol. The maximum atomic E-state index is 5.60. The quantitative estimate of drug-likeness (QED) is 0.512. The zero-order valence-electron chi connectivity index (χ0n) is 15.3. The van der Waals surface area contributed by atoms with Gasteiger partial charge >= 0.3 is 0 Å². The van der Waals surface area contributed by atoms with Crippen LogP contribution >= 0.6 is 0 Å². The number of H-pyrrole nitrogens is 1. The molecule has 4 N–H and O–H groups in total. The highest BCUT2D eigenvalue weighted by Crippen LogP contribution is 2.22. The van der Waals surface area contributed by atoms with Crippen molar-refractivity contribution < 1.29 is 4.42 Å². The fourth-order valence-corrected chi connectivity index (χ4v) is 2.87. The van der Waals surface area contributed by atoms with Crippen LogP contribution in [0.4, 0.5) is 5.95 Å². The van der Waals surface area contributed by atoms with Crippen molar-refractivity contribution in [3.05, 3.63) is 41.6 Å². The number of imidazole rings is 1. The van der Waals surface area contributed by atoms with E-state index in [1.165, 1.54) is 0 Å². The second kappa shape index (κ2) is 8.62. The van der Waals surface area contributed by atoms with E-state index in [2.05, 4.69) is 33.3 Å². The number of anilines is 1. The smallest absolute Gasteiger partial charge is 0.201 e. The first-order valence-corrected chi connectivity index (χ1v) is 9.03. The Bertz CT molecular complexity index is 866. The number of para-hydroxylation sites is 1. The van der Waals surface area contributed by atoms with Crippen LogP contribution in [-0.4, -0.2) is 40.3 Å². The molecule has 0 bridgehead atoms. The zero-order valence-corrected chi connectivity index (χ0v) is 15.3. The molecule has 1 atom stereocenters. The molecule has 7 heteroatoms. The first kappa shape index (κ1) is 18.1. The molecule has 0 amide bonds. The van der Waals surface area contributed by atoms with Gasteiger partial charge in [0.1, 0.15) is 5.76 Å². The van der Waals surface area contributed by atoms with Crippen LogP contribution in [0.2, 0.25) is 0 Å². The van der Waals surface area contributed by atoms with Crippen molar-refractivity contribution in [1.82, 2.24) is 15.0 Å². The van der Waals surface area contributed by atoms with Crippen LogP contribution in [-0.2, 0) is 6.42 Å². The molecule has 3 aromatic rings. The summed E-state index contributed by atoms with van der Waals surface area (Å²) in [5.74, 6) is 2.30. The molecule has 2 heterocycles. The number of aryl methyl sites for hydroxylation is 1. The van der Waals surface area contributed by atoms with Crippen LogP contribution in [0.25, 0.3) is 11.0 Å². The van der Waals surface area contributed by atoms with E-state index in [1.807, 2.05) is 25.3 Å². The number of nitrogens with one attached hydrogen (secondary N) is 2. The van der Waals surface area contributed by atoms with Gasteiger partial charge in [-0.25, -0.2) is 9.97 Å². The van der Waals surface area contributed by atoms with Crippen LogP contribution in [0.3, 0.4) is 0 Å². The molecule has 1 unspecified atom stereocenters. The number of rotatable bonds is 9. The average Bonchev–Trinajstić information content (AvgIpc) is 3.24. The predicted octanol–water partition coefficient (Wildman–Crippen LogP) is 3.06. The summed E-state index contributed by atoms with van der Waals surface area (Å²) in [6.07, 6.45) is 6.21. The van der Waals surface area contributed by atoms with Gasteiger partial charge in [0.15, 0.2) is 5.89 Å². The minimum atomic E-state index is 0.275. The van der Waals surface area contributed by atoms with Gasteiger partial charge in [0, 0.05) is 38.6 Å². The number of fused-ring (bicyclic) bond motifs is 1. The number of aromatic amines is 1. The molecule has 0 fully saturated rings. The summed E-state index contributed by atoms with van der Waals surface area (Å²) in [6.45, 7) is 5.25. The molecule has 0 saturated carbocycles.